The fourth-order valence-corrected chi connectivity index (χ4v) is 1.34. The zero-order chi connectivity index (χ0) is 10.5. The zero-order valence-electron chi connectivity index (χ0n) is 8.66. The van der Waals surface area contributed by atoms with Gasteiger partial charge in [-0.1, -0.05) is 5.16 Å². The first-order chi connectivity index (χ1) is 7.34. The van der Waals surface area contributed by atoms with Gasteiger partial charge in [-0.25, -0.2) is 0 Å². The van der Waals surface area contributed by atoms with Gasteiger partial charge in [0.05, 0.1) is 0 Å². The second kappa shape index (κ2) is 4.75. The van der Waals surface area contributed by atoms with E-state index in [-0.39, 0.29) is 0 Å². The Labute approximate surface area is 87.9 Å². The van der Waals surface area contributed by atoms with Gasteiger partial charge in [-0.3, -0.25) is 0 Å². The van der Waals surface area contributed by atoms with E-state index in [9.17, 15) is 0 Å². The number of hydrogen-bond acceptors (Lipinski definition) is 4. The van der Waals surface area contributed by atoms with Crippen LogP contribution in [-0.2, 0) is 13.0 Å². The summed E-state index contributed by atoms with van der Waals surface area (Å²) in [4.78, 5) is 7.13. The maximum atomic E-state index is 4.99. The van der Waals surface area contributed by atoms with Crippen LogP contribution in [0.1, 0.15) is 17.3 Å². The van der Waals surface area contributed by atoms with Crippen LogP contribution in [0.3, 0.4) is 0 Å². The molecule has 0 radical (unpaired) electrons. The molecule has 0 bridgehead atoms. The molecule has 80 valence electrons. The molecule has 2 aromatic rings. The van der Waals surface area contributed by atoms with Crippen LogP contribution in [0, 0.1) is 6.92 Å². The largest absolute Gasteiger partial charge is 0.367 e. The minimum Gasteiger partial charge on any atom is -0.367 e. The molecule has 0 atom stereocenters. The zero-order valence-corrected chi connectivity index (χ0v) is 8.66. The average Bonchev–Trinajstić information content (AvgIpc) is 2.84. The summed E-state index contributed by atoms with van der Waals surface area (Å²) < 4.78 is 4.99. The van der Waals surface area contributed by atoms with E-state index in [0.717, 1.165) is 19.5 Å². The summed E-state index contributed by atoms with van der Waals surface area (Å²) in [6, 6.07) is 2.05. The van der Waals surface area contributed by atoms with Gasteiger partial charge in [0.15, 0.2) is 5.82 Å². The van der Waals surface area contributed by atoms with E-state index >= 15 is 0 Å². The summed E-state index contributed by atoms with van der Waals surface area (Å²) in [6.07, 6.45) is 4.66. The second-order valence-corrected chi connectivity index (χ2v) is 3.38. The summed E-state index contributed by atoms with van der Waals surface area (Å²) in [5, 5.41) is 7.02. The third kappa shape index (κ3) is 2.92. The van der Waals surface area contributed by atoms with Crippen LogP contribution in [0.15, 0.2) is 23.0 Å². The normalized spacial score (nSPS) is 10.7. The molecule has 0 spiro atoms. The van der Waals surface area contributed by atoms with Crippen molar-refractivity contribution in [1.29, 1.82) is 0 Å². The molecule has 0 unspecified atom stereocenters. The quantitative estimate of drug-likeness (QED) is 0.717. The van der Waals surface area contributed by atoms with Gasteiger partial charge in [0.1, 0.15) is 0 Å². The number of nitrogens with one attached hydrogen (secondary N) is 2. The third-order valence-corrected chi connectivity index (χ3v) is 2.08. The van der Waals surface area contributed by atoms with Crippen LogP contribution in [0.4, 0.5) is 0 Å². The number of aromatic nitrogens is 3. The predicted octanol–water partition coefficient (Wildman–Crippen LogP) is 1.04. The number of rotatable bonds is 5. The second-order valence-electron chi connectivity index (χ2n) is 3.38. The lowest BCUT2D eigenvalue weighted by molar-refractivity contribution is 0.372. The van der Waals surface area contributed by atoms with E-state index in [1.807, 2.05) is 25.4 Å². The summed E-state index contributed by atoms with van der Waals surface area (Å²) in [6.45, 7) is 3.52. The van der Waals surface area contributed by atoms with E-state index in [1.165, 1.54) is 5.56 Å². The van der Waals surface area contributed by atoms with Crippen molar-refractivity contribution in [2.24, 2.45) is 0 Å². The molecule has 0 saturated carbocycles. The van der Waals surface area contributed by atoms with Crippen LogP contribution in [-0.4, -0.2) is 21.7 Å². The van der Waals surface area contributed by atoms with Crippen molar-refractivity contribution in [2.45, 2.75) is 19.9 Å². The Hall–Kier alpha value is -1.62. The number of nitrogens with zero attached hydrogens (tertiary/aromatic N) is 2. The van der Waals surface area contributed by atoms with E-state index < -0.39 is 0 Å². The van der Waals surface area contributed by atoms with Crippen LogP contribution in [0.2, 0.25) is 0 Å². The van der Waals surface area contributed by atoms with Crippen molar-refractivity contribution < 1.29 is 4.52 Å². The monoisotopic (exact) mass is 206 g/mol. The van der Waals surface area contributed by atoms with Crippen molar-refractivity contribution in [3.63, 3.8) is 0 Å². The SMILES string of the molecule is Cc1noc(CCNCc2cc[nH]c2)n1. The molecule has 2 heterocycles. The standard InChI is InChI=1S/C10H14N4O/c1-8-13-10(15-14-8)3-5-12-7-9-2-4-11-6-9/h2,4,6,11-12H,3,5,7H2,1H3. The molecule has 0 aliphatic carbocycles. The molecule has 15 heavy (non-hydrogen) atoms. The maximum absolute atomic E-state index is 4.99. The topological polar surface area (TPSA) is 66.7 Å². The molecule has 2 N–H and O–H groups in total. The molecular weight excluding hydrogens is 192 g/mol. The first kappa shape index (κ1) is 9.92. The first-order valence-corrected chi connectivity index (χ1v) is 4.96. The Bertz CT molecular complexity index is 393. The van der Waals surface area contributed by atoms with Gasteiger partial charge in [-0.2, -0.15) is 4.98 Å². The molecule has 0 aliphatic heterocycles. The Kier molecular flexibility index (Phi) is 3.14. The van der Waals surface area contributed by atoms with Crippen LogP contribution in [0.5, 0.6) is 0 Å². The average molecular weight is 206 g/mol. The molecule has 5 heteroatoms. The maximum Gasteiger partial charge on any atom is 0.227 e. The molecule has 5 nitrogen and oxygen atoms in total. The van der Waals surface area contributed by atoms with E-state index in [1.54, 1.807) is 0 Å². The van der Waals surface area contributed by atoms with E-state index in [2.05, 4.69) is 20.4 Å². The molecule has 0 aliphatic rings. The third-order valence-electron chi connectivity index (χ3n) is 2.08. The minimum absolute atomic E-state index is 0.689. The highest BCUT2D eigenvalue weighted by Crippen LogP contribution is 1.97. The summed E-state index contributed by atoms with van der Waals surface area (Å²) in [5.74, 6) is 1.38. The molecule has 0 saturated heterocycles. The van der Waals surface area contributed by atoms with E-state index in [0.29, 0.717) is 11.7 Å². The smallest absolute Gasteiger partial charge is 0.227 e. The van der Waals surface area contributed by atoms with Gasteiger partial charge < -0.3 is 14.8 Å². The fraction of sp³-hybridized carbons (Fsp3) is 0.400. The van der Waals surface area contributed by atoms with Crippen LogP contribution in [0.25, 0.3) is 0 Å². The number of aromatic amines is 1. The van der Waals surface area contributed by atoms with E-state index in [4.69, 9.17) is 4.52 Å². The highest BCUT2D eigenvalue weighted by Gasteiger charge is 2.01. The lowest BCUT2D eigenvalue weighted by Gasteiger charge is -1.99. The molecule has 2 rings (SSSR count). The fourth-order valence-electron chi connectivity index (χ4n) is 1.34. The minimum atomic E-state index is 0.689. The van der Waals surface area contributed by atoms with Crippen molar-refractivity contribution in [3.8, 4) is 0 Å². The van der Waals surface area contributed by atoms with Crippen molar-refractivity contribution in [2.75, 3.05) is 6.54 Å². The van der Waals surface area contributed by atoms with Gasteiger partial charge in [-0.15, -0.1) is 0 Å². The van der Waals surface area contributed by atoms with Crippen molar-refractivity contribution >= 4 is 0 Å². The lowest BCUT2D eigenvalue weighted by Crippen LogP contribution is -2.16. The number of H-pyrrole nitrogens is 1. The molecule has 0 aromatic carbocycles. The Morgan fingerprint density at radius 3 is 3.13 bits per heavy atom. The van der Waals surface area contributed by atoms with Crippen LogP contribution >= 0.6 is 0 Å². The summed E-state index contributed by atoms with van der Waals surface area (Å²) >= 11 is 0. The number of hydrogen-bond donors (Lipinski definition) is 2. The highest BCUT2D eigenvalue weighted by atomic mass is 16.5. The number of aryl methyl sites for hydroxylation is 1. The molecule has 2 aromatic heterocycles. The summed E-state index contributed by atoms with van der Waals surface area (Å²) in [5.41, 5.74) is 1.25. The first-order valence-electron chi connectivity index (χ1n) is 4.96. The van der Waals surface area contributed by atoms with Crippen molar-refractivity contribution in [1.82, 2.24) is 20.4 Å². The Morgan fingerprint density at radius 1 is 1.53 bits per heavy atom. The Morgan fingerprint density at radius 2 is 2.47 bits per heavy atom. The predicted molar refractivity (Wildman–Crippen MR) is 55.2 cm³/mol. The van der Waals surface area contributed by atoms with Gasteiger partial charge in [-0.05, 0) is 18.6 Å². The van der Waals surface area contributed by atoms with Gasteiger partial charge >= 0.3 is 0 Å². The van der Waals surface area contributed by atoms with Crippen LogP contribution < -0.4 is 5.32 Å². The molecular formula is C10H14N4O. The highest BCUT2D eigenvalue weighted by molar-refractivity contribution is 5.07. The lowest BCUT2D eigenvalue weighted by atomic mass is 10.3. The van der Waals surface area contributed by atoms with Gasteiger partial charge in [0, 0.05) is 31.9 Å². The molecule has 0 fully saturated rings. The summed E-state index contributed by atoms with van der Waals surface area (Å²) in [7, 11) is 0. The molecule has 0 amide bonds. The Balaban J connectivity index is 1.67. The van der Waals surface area contributed by atoms with Gasteiger partial charge in [0.2, 0.25) is 5.89 Å². The van der Waals surface area contributed by atoms with Gasteiger partial charge in [0.25, 0.3) is 0 Å². The van der Waals surface area contributed by atoms with Crippen molar-refractivity contribution in [3.05, 3.63) is 35.7 Å².